The van der Waals surface area contributed by atoms with E-state index in [-0.39, 0.29) is 11.5 Å². The highest BCUT2D eigenvalue weighted by atomic mass is 32.2. The number of carbonyl (C=O) groups is 1. The van der Waals surface area contributed by atoms with Crippen LogP contribution in [0.2, 0.25) is 0 Å². The van der Waals surface area contributed by atoms with E-state index in [9.17, 15) is 9.59 Å². The lowest BCUT2D eigenvalue weighted by atomic mass is 9.97. The largest absolute Gasteiger partial charge is 0.326 e. The Morgan fingerprint density at radius 2 is 2.12 bits per heavy atom. The molecule has 0 unspecified atom stereocenters. The molecule has 3 heterocycles. The van der Waals surface area contributed by atoms with Crippen molar-refractivity contribution in [1.82, 2.24) is 24.7 Å². The zero-order chi connectivity index (χ0) is 22.6. The minimum Gasteiger partial charge on any atom is -0.326 e. The van der Waals surface area contributed by atoms with E-state index in [0.717, 1.165) is 40.7 Å². The van der Waals surface area contributed by atoms with Gasteiger partial charge in [0.05, 0.1) is 17.7 Å². The average molecular weight is 481 g/mol. The fraction of sp³-hybridized carbons (Fsp3) is 0.348. The quantitative estimate of drug-likeness (QED) is 0.372. The van der Waals surface area contributed by atoms with Crippen molar-refractivity contribution >= 4 is 44.9 Å². The summed E-state index contributed by atoms with van der Waals surface area (Å²) in [6, 6.07) is 7.69. The molecule has 0 radical (unpaired) electrons. The van der Waals surface area contributed by atoms with Crippen molar-refractivity contribution in [3.63, 3.8) is 0 Å². The Morgan fingerprint density at radius 3 is 3.00 bits per heavy atom. The van der Waals surface area contributed by atoms with Crippen LogP contribution in [-0.2, 0) is 29.9 Å². The predicted molar refractivity (Wildman–Crippen MR) is 132 cm³/mol. The fourth-order valence-corrected chi connectivity index (χ4v) is 6.18. The molecule has 3 aromatic heterocycles. The molecular weight excluding hydrogens is 456 g/mol. The number of aromatic amines is 1. The predicted octanol–water partition coefficient (Wildman–Crippen LogP) is 3.77. The summed E-state index contributed by atoms with van der Waals surface area (Å²) in [5.41, 5.74) is 2.92. The Bertz CT molecular complexity index is 1330. The highest BCUT2D eigenvalue weighted by molar-refractivity contribution is 7.98. The maximum atomic E-state index is 12.6. The van der Waals surface area contributed by atoms with Crippen LogP contribution in [0, 0.1) is 0 Å². The average Bonchev–Trinajstić information content (AvgIpc) is 3.45. The molecule has 0 bridgehead atoms. The van der Waals surface area contributed by atoms with Gasteiger partial charge in [0.25, 0.3) is 5.56 Å². The molecule has 0 aliphatic heterocycles. The molecular formula is C23H24N6O2S2. The summed E-state index contributed by atoms with van der Waals surface area (Å²) in [4.78, 5) is 38.9. The van der Waals surface area contributed by atoms with E-state index in [1.807, 2.05) is 24.3 Å². The monoisotopic (exact) mass is 480 g/mol. The molecule has 0 saturated heterocycles. The van der Waals surface area contributed by atoms with Crippen LogP contribution < -0.4 is 10.9 Å². The van der Waals surface area contributed by atoms with E-state index in [1.54, 1.807) is 34.1 Å². The lowest BCUT2D eigenvalue weighted by Gasteiger charge is -2.11. The van der Waals surface area contributed by atoms with Crippen molar-refractivity contribution in [2.24, 2.45) is 0 Å². The summed E-state index contributed by atoms with van der Waals surface area (Å²) in [6.45, 7) is 0.541. The number of rotatable bonds is 8. The third kappa shape index (κ3) is 5.01. The number of hydrogen-bond acceptors (Lipinski definition) is 7. The second-order valence-electron chi connectivity index (χ2n) is 8.00. The molecule has 8 nitrogen and oxygen atoms in total. The zero-order valence-corrected chi connectivity index (χ0v) is 19.7. The summed E-state index contributed by atoms with van der Waals surface area (Å²) >= 11 is 3.26. The van der Waals surface area contributed by atoms with Crippen LogP contribution in [0.15, 0.2) is 41.7 Å². The van der Waals surface area contributed by atoms with Gasteiger partial charge in [-0.25, -0.2) is 14.6 Å². The number of thiophene rings is 1. The number of aryl methyl sites for hydroxylation is 2. The van der Waals surface area contributed by atoms with Gasteiger partial charge in [-0.15, -0.1) is 11.3 Å². The molecule has 1 aliphatic carbocycles. The zero-order valence-electron chi connectivity index (χ0n) is 18.0. The Labute approximate surface area is 198 Å². The number of para-hydroxylation sites is 1. The van der Waals surface area contributed by atoms with Gasteiger partial charge in [0.2, 0.25) is 5.91 Å². The van der Waals surface area contributed by atoms with Crippen LogP contribution in [0.25, 0.3) is 10.2 Å². The molecule has 0 atom stereocenters. The maximum Gasteiger partial charge on any atom is 0.259 e. The number of thioether (sulfide) groups is 1. The first-order valence-electron chi connectivity index (χ1n) is 11.0. The second-order valence-corrected chi connectivity index (χ2v) is 10.2. The van der Waals surface area contributed by atoms with Gasteiger partial charge in [0.1, 0.15) is 23.3 Å². The topological polar surface area (TPSA) is 106 Å². The second kappa shape index (κ2) is 9.88. The van der Waals surface area contributed by atoms with Gasteiger partial charge >= 0.3 is 0 Å². The van der Waals surface area contributed by atoms with Crippen molar-refractivity contribution in [2.75, 3.05) is 11.1 Å². The number of anilines is 1. The number of hydrogen-bond donors (Lipinski definition) is 2. The fourth-order valence-electron chi connectivity index (χ4n) is 4.09. The normalized spacial score (nSPS) is 13.2. The molecule has 1 aromatic carbocycles. The first kappa shape index (κ1) is 21.8. The molecule has 0 saturated carbocycles. The third-order valence-corrected chi connectivity index (χ3v) is 7.83. The molecule has 1 amide bonds. The molecule has 33 heavy (non-hydrogen) atoms. The highest BCUT2D eigenvalue weighted by Crippen LogP contribution is 2.33. The van der Waals surface area contributed by atoms with E-state index in [0.29, 0.717) is 30.3 Å². The van der Waals surface area contributed by atoms with Crippen molar-refractivity contribution in [3.05, 3.63) is 69.1 Å². The van der Waals surface area contributed by atoms with Crippen LogP contribution >= 0.6 is 23.1 Å². The minimum absolute atomic E-state index is 0.0308. The highest BCUT2D eigenvalue weighted by Gasteiger charge is 2.19. The number of benzene rings is 1. The molecule has 1 aliphatic rings. The lowest BCUT2D eigenvalue weighted by molar-refractivity contribution is -0.115. The van der Waals surface area contributed by atoms with Gasteiger partial charge in [0, 0.05) is 22.7 Å². The summed E-state index contributed by atoms with van der Waals surface area (Å²) < 4.78 is 1.72. The van der Waals surface area contributed by atoms with E-state index in [2.05, 4.69) is 20.4 Å². The number of carbonyl (C=O) groups excluding carboxylic acids is 1. The van der Waals surface area contributed by atoms with Crippen molar-refractivity contribution in [3.8, 4) is 0 Å². The first-order valence-corrected chi connectivity index (χ1v) is 13.0. The number of fused-ring (bicyclic) bond motifs is 3. The van der Waals surface area contributed by atoms with Crippen LogP contribution in [0.4, 0.5) is 5.69 Å². The standard InChI is InChI=1S/C23H24N6O2S2/c30-20(26-17-7-3-1-5-15(17)11-29-14-24-13-25-29)9-10-32-12-19-27-22(31)21-16-6-2-4-8-18(16)33-23(21)28-19/h1,3,5,7,13-14H,2,4,6,8-12H2,(H,26,30)(H,27,28,31). The van der Waals surface area contributed by atoms with Crippen LogP contribution in [0.3, 0.4) is 0 Å². The van der Waals surface area contributed by atoms with Gasteiger partial charge in [-0.3, -0.25) is 9.59 Å². The third-order valence-electron chi connectivity index (χ3n) is 5.68. The van der Waals surface area contributed by atoms with Gasteiger partial charge in [-0.2, -0.15) is 16.9 Å². The summed E-state index contributed by atoms with van der Waals surface area (Å²) in [7, 11) is 0. The molecule has 170 valence electrons. The Balaban J connectivity index is 1.15. The Hall–Kier alpha value is -2.98. The van der Waals surface area contributed by atoms with E-state index >= 15 is 0 Å². The van der Waals surface area contributed by atoms with Crippen LogP contribution in [0.1, 0.15) is 41.1 Å². The SMILES string of the molecule is O=C(CCSCc1nc2sc3c(c2c(=O)[nH]1)CCCC3)Nc1ccccc1Cn1cncn1. The number of H-pyrrole nitrogens is 1. The van der Waals surface area contributed by atoms with Crippen molar-refractivity contribution < 1.29 is 4.79 Å². The van der Waals surface area contributed by atoms with Gasteiger partial charge in [0.15, 0.2) is 0 Å². The molecule has 5 rings (SSSR count). The van der Waals surface area contributed by atoms with Gasteiger partial charge in [-0.1, -0.05) is 18.2 Å². The van der Waals surface area contributed by atoms with Gasteiger partial charge in [-0.05, 0) is 42.9 Å². The summed E-state index contributed by atoms with van der Waals surface area (Å²) in [6.07, 6.45) is 7.88. The molecule has 4 aromatic rings. The Morgan fingerprint density at radius 1 is 1.24 bits per heavy atom. The number of nitrogens with one attached hydrogen (secondary N) is 2. The number of aromatic nitrogens is 5. The van der Waals surface area contributed by atoms with E-state index in [1.165, 1.54) is 23.2 Å². The van der Waals surface area contributed by atoms with Crippen LogP contribution in [-0.4, -0.2) is 36.4 Å². The Kier molecular flexibility index (Phi) is 6.54. The van der Waals surface area contributed by atoms with E-state index < -0.39 is 0 Å². The van der Waals surface area contributed by atoms with Crippen molar-refractivity contribution in [1.29, 1.82) is 0 Å². The molecule has 2 N–H and O–H groups in total. The number of amides is 1. The number of nitrogens with zero attached hydrogens (tertiary/aromatic N) is 4. The summed E-state index contributed by atoms with van der Waals surface area (Å²) in [5, 5.41) is 7.91. The molecule has 0 fully saturated rings. The van der Waals surface area contributed by atoms with Crippen molar-refractivity contribution in [2.45, 2.75) is 44.4 Å². The lowest BCUT2D eigenvalue weighted by Crippen LogP contribution is -2.15. The molecule has 10 heteroatoms. The van der Waals surface area contributed by atoms with Gasteiger partial charge < -0.3 is 10.3 Å². The first-order chi connectivity index (χ1) is 16.2. The minimum atomic E-state index is -0.0450. The smallest absolute Gasteiger partial charge is 0.259 e. The van der Waals surface area contributed by atoms with E-state index in [4.69, 9.17) is 4.98 Å². The van der Waals surface area contributed by atoms with Crippen LogP contribution in [0.5, 0.6) is 0 Å². The summed E-state index contributed by atoms with van der Waals surface area (Å²) in [5.74, 6) is 1.84. The molecule has 0 spiro atoms. The maximum absolute atomic E-state index is 12.6.